The molecule has 1 saturated heterocycles. The third kappa shape index (κ3) is 19.0. The molecule has 422 valence electrons. The van der Waals surface area contributed by atoms with E-state index in [1.165, 1.54) is 22.2 Å². The van der Waals surface area contributed by atoms with Crippen LogP contribution in [0.4, 0.5) is 27.8 Å². The highest BCUT2D eigenvalue weighted by molar-refractivity contribution is 9.10. The van der Waals surface area contributed by atoms with Crippen molar-refractivity contribution in [2.75, 3.05) is 23.8 Å². The fraction of sp³-hybridized carbons (Fsp3) is 0.211. The minimum atomic E-state index is -0.864. The molecule has 1 unspecified atom stereocenters. The van der Waals surface area contributed by atoms with Crippen LogP contribution in [0.5, 0.6) is 0 Å². The van der Waals surface area contributed by atoms with Gasteiger partial charge in [-0.05, 0) is 155 Å². The van der Waals surface area contributed by atoms with Crippen LogP contribution in [0.25, 0.3) is 42.8 Å². The van der Waals surface area contributed by atoms with Crippen LogP contribution in [0.15, 0.2) is 149 Å². The number of benzene rings is 4. The third-order valence-corrected chi connectivity index (χ3v) is 13.4. The molecule has 1 atom stereocenters. The van der Waals surface area contributed by atoms with Crippen LogP contribution in [0.3, 0.4) is 0 Å². The van der Waals surface area contributed by atoms with E-state index in [9.17, 15) is 14.4 Å². The molecule has 24 heteroatoms. The van der Waals surface area contributed by atoms with Crippen LogP contribution in [0, 0.1) is 13.8 Å². The Morgan fingerprint density at radius 1 is 0.889 bits per heavy atom. The number of fused-ring (bicyclic) bond motifs is 4. The first-order valence-corrected chi connectivity index (χ1v) is 27.7. The molecule has 0 aliphatic carbocycles. The topological polar surface area (TPSA) is 306 Å². The number of ketones is 1. The van der Waals surface area contributed by atoms with Crippen molar-refractivity contribution in [2.24, 2.45) is 17.2 Å². The van der Waals surface area contributed by atoms with Gasteiger partial charge in [0, 0.05) is 90.6 Å². The Bertz CT molecular complexity index is 3740. The lowest BCUT2D eigenvalue weighted by atomic mass is 10.1. The number of ether oxygens (including phenoxy) is 2. The Hall–Kier alpha value is -8.06. The first kappa shape index (κ1) is 62.1. The normalized spacial score (nSPS) is 12.9. The average molecular weight is 1270 g/mol. The van der Waals surface area contributed by atoms with E-state index >= 15 is 0 Å². The largest absolute Gasteiger partial charge is 0.477 e. The van der Waals surface area contributed by atoms with Gasteiger partial charge in [-0.3, -0.25) is 9.89 Å². The van der Waals surface area contributed by atoms with Crippen molar-refractivity contribution < 1.29 is 29.0 Å². The molecule has 11 N–H and O–H groups in total. The van der Waals surface area contributed by atoms with Crippen molar-refractivity contribution in [1.82, 2.24) is 44.9 Å². The molecule has 0 radical (unpaired) electrons. The second kappa shape index (κ2) is 29.4. The second-order valence-electron chi connectivity index (χ2n) is 18.7. The van der Waals surface area contributed by atoms with Gasteiger partial charge in [0.25, 0.3) is 0 Å². The summed E-state index contributed by atoms with van der Waals surface area (Å²) in [5.74, 6) is 1.33. The summed E-state index contributed by atoms with van der Waals surface area (Å²) in [7, 11) is 0. The zero-order chi connectivity index (χ0) is 58.8. The van der Waals surface area contributed by atoms with Crippen LogP contribution in [-0.4, -0.2) is 92.7 Å². The number of aromatic amines is 2. The van der Waals surface area contributed by atoms with Gasteiger partial charge in [-0.25, -0.2) is 29.5 Å². The number of hydrogen-bond acceptors (Lipinski definition) is 17. The summed E-state index contributed by atoms with van der Waals surface area (Å²) >= 11 is 13.8. The lowest BCUT2D eigenvalue weighted by Gasteiger charge is -2.19. The number of nitrogens with one attached hydrogen (secondary N) is 4. The van der Waals surface area contributed by atoms with Gasteiger partial charge in [-0.2, -0.15) is 14.9 Å². The zero-order valence-corrected chi connectivity index (χ0v) is 50.0. The Balaban J connectivity index is 0.000000165. The lowest BCUT2D eigenvalue weighted by molar-refractivity contribution is 0.0522. The highest BCUT2D eigenvalue weighted by atomic mass is 79.9. The first-order chi connectivity index (χ1) is 38.6. The number of rotatable bonds is 7. The van der Waals surface area contributed by atoms with Crippen LogP contribution in [0.1, 0.15) is 72.6 Å². The molecule has 81 heavy (non-hydrogen) atoms. The Labute approximate surface area is 492 Å². The molecule has 0 spiro atoms. The number of nitrogens with zero attached hydrogens (tertiary/aromatic N) is 7. The number of aromatic carboxylic acids is 1. The molecular formula is C57H61Br2ClN14O6S. The predicted molar refractivity (Wildman–Crippen MR) is 330 cm³/mol. The van der Waals surface area contributed by atoms with Crippen LogP contribution < -0.4 is 27.8 Å². The van der Waals surface area contributed by atoms with E-state index in [4.69, 9.17) is 43.4 Å². The van der Waals surface area contributed by atoms with Gasteiger partial charge in [0.1, 0.15) is 27.9 Å². The number of carboxylic acids is 1. The van der Waals surface area contributed by atoms with Crippen molar-refractivity contribution in [3.63, 3.8) is 0 Å². The molecule has 6 aromatic heterocycles. The number of aryl methyl sites for hydroxylation is 2. The molecule has 1 fully saturated rings. The van der Waals surface area contributed by atoms with Gasteiger partial charge in [-0.1, -0.05) is 50.1 Å². The van der Waals surface area contributed by atoms with Crippen LogP contribution in [-0.2, 0) is 9.47 Å². The maximum Gasteiger partial charge on any atom is 0.435 e. The average Bonchev–Trinajstić information content (AvgIpc) is 4.52. The van der Waals surface area contributed by atoms with Gasteiger partial charge < -0.3 is 47.4 Å². The monoisotopic (exact) mass is 1260 g/mol. The SMILES string of the molecule is C/C=C\C(N)=C/N.CC(=O)c1cc2ccc(Br)cc2[nH]1.CC(C)(C)OC(=O)n1ncc2cc(Nc3ccnc(Cl)n3)ccc21.Cc1nccc(Nc2ccc3[nH]ncc3c2C)n1.NC1CCOC1.O=C(O)c1cc2ccc(Br)cc2s1. The summed E-state index contributed by atoms with van der Waals surface area (Å²) in [5, 5.41) is 30.4. The highest BCUT2D eigenvalue weighted by Crippen LogP contribution is 2.29. The summed E-state index contributed by atoms with van der Waals surface area (Å²) < 4.78 is 14.5. The van der Waals surface area contributed by atoms with E-state index in [0.717, 1.165) is 94.4 Å². The Morgan fingerprint density at radius 2 is 1.60 bits per heavy atom. The number of hydrogen-bond donors (Lipinski definition) is 8. The van der Waals surface area contributed by atoms with E-state index in [1.54, 1.807) is 49.8 Å². The molecule has 0 amide bonds. The summed E-state index contributed by atoms with van der Waals surface area (Å²) in [6.45, 7) is 14.4. The van der Waals surface area contributed by atoms with Gasteiger partial charge in [0.15, 0.2) is 5.78 Å². The fourth-order valence-electron chi connectivity index (χ4n) is 7.27. The molecule has 11 rings (SSSR count). The van der Waals surface area contributed by atoms with Gasteiger partial charge in [0.05, 0.1) is 35.7 Å². The molecule has 10 aromatic rings. The summed E-state index contributed by atoms with van der Waals surface area (Å²) in [6.07, 6.45) is 12.2. The smallest absolute Gasteiger partial charge is 0.435 e. The van der Waals surface area contributed by atoms with Crippen molar-refractivity contribution >= 4 is 138 Å². The maximum atomic E-state index is 12.2. The van der Waals surface area contributed by atoms with Gasteiger partial charge in [-0.15, -0.1) is 11.3 Å². The van der Waals surface area contributed by atoms with E-state index in [0.29, 0.717) is 33.6 Å². The van der Waals surface area contributed by atoms with E-state index < -0.39 is 17.7 Å². The van der Waals surface area contributed by atoms with Gasteiger partial charge in [0.2, 0.25) is 5.28 Å². The van der Waals surface area contributed by atoms with Crippen molar-refractivity contribution in [3.8, 4) is 0 Å². The molecule has 1 aliphatic rings. The molecule has 7 heterocycles. The summed E-state index contributed by atoms with van der Waals surface area (Å²) in [6, 6.07) is 28.6. The number of carbonyl (C=O) groups is 3. The number of Topliss-reactive ketones (excluding diaryl/α,β-unsaturated/α-hetero) is 1. The minimum Gasteiger partial charge on any atom is -0.477 e. The van der Waals surface area contributed by atoms with E-state index in [2.05, 4.69) is 89.6 Å². The minimum absolute atomic E-state index is 0.0623. The van der Waals surface area contributed by atoms with E-state index in [-0.39, 0.29) is 11.1 Å². The Kier molecular flexibility index (Phi) is 22.6. The maximum absolute atomic E-state index is 12.2. The summed E-state index contributed by atoms with van der Waals surface area (Å²) in [5.41, 5.74) is 22.0. The quantitative estimate of drug-likeness (QED) is 0.0418. The number of halogens is 3. The number of aromatic nitrogens is 9. The zero-order valence-electron chi connectivity index (χ0n) is 45.3. The van der Waals surface area contributed by atoms with Gasteiger partial charge >= 0.3 is 12.1 Å². The molecule has 1 aliphatic heterocycles. The molecule has 20 nitrogen and oxygen atoms in total. The highest BCUT2D eigenvalue weighted by Gasteiger charge is 2.20. The number of H-pyrrole nitrogens is 2. The van der Waals surface area contributed by atoms with Crippen LogP contribution in [0.2, 0.25) is 5.28 Å². The Morgan fingerprint density at radius 3 is 2.22 bits per heavy atom. The molecular weight excluding hydrogens is 1200 g/mol. The number of thiophene rings is 1. The fourth-order valence-corrected chi connectivity index (χ4v) is 9.23. The standard InChI is InChI=1S/C16H16ClN5O2.C13H13N5.C10H8BrNO.C9H5BrO2S.C5H10N2.C4H9NO/c1-16(2,3)24-15(23)22-12-5-4-11(8-10(12)9-19-22)20-13-6-7-18-14(17)21-13;1-8-10-7-15-18-12(10)4-3-11(8)17-13-5-6-14-9(2)16-13;1-6(13)9-4-7-2-3-8(11)5-10(7)12-9;10-6-2-1-5-3-8(9(11)12)13-7(5)4-6;1-2-3-5(7)4-6;5-4-1-2-6-3-4/h4-9H,1-3H3,(H,18,20,21);3-7H,1-2H3,(H,15,18)(H,14,16,17);2-5,12H,1H3;1-4H,(H,11,12);2-4H,6-7H2,1H3;4H,1-3,5H2/b;;;;3-2-,5-4+;. The number of allylic oxidation sites excluding steroid dienone is 2. The molecule has 0 saturated carbocycles. The third-order valence-electron chi connectivity index (χ3n) is 11.1. The summed E-state index contributed by atoms with van der Waals surface area (Å²) in [4.78, 5) is 53.6. The number of nitrogens with two attached hydrogens (primary N) is 3. The second-order valence-corrected chi connectivity index (χ2v) is 21.9. The van der Waals surface area contributed by atoms with Crippen molar-refractivity contribution in [3.05, 3.63) is 176 Å². The predicted octanol–water partition coefficient (Wildman–Crippen LogP) is 13.3. The number of anilines is 4. The number of carboxylic acid groups (broad SMARTS) is 1. The number of carbonyl (C=O) groups excluding carboxylic acids is 2. The van der Waals surface area contributed by atoms with Crippen molar-refractivity contribution in [2.45, 2.75) is 66.5 Å². The first-order valence-electron chi connectivity index (χ1n) is 24.9. The van der Waals surface area contributed by atoms with Crippen LogP contribution >= 0.6 is 54.8 Å². The van der Waals surface area contributed by atoms with Crippen molar-refractivity contribution in [1.29, 1.82) is 0 Å². The van der Waals surface area contributed by atoms with E-state index in [1.807, 2.05) is 120 Å². The molecule has 4 aromatic carbocycles. The molecule has 0 bridgehead atoms. The lowest BCUT2D eigenvalue weighted by Crippen LogP contribution is -2.27.